The van der Waals surface area contributed by atoms with Crippen LogP contribution in [0.25, 0.3) is 0 Å². The van der Waals surface area contributed by atoms with Crippen LogP contribution in [0, 0.1) is 5.82 Å². The van der Waals surface area contributed by atoms with E-state index in [4.69, 9.17) is 9.15 Å². The molecule has 0 bridgehead atoms. The zero-order chi connectivity index (χ0) is 13.8. The van der Waals surface area contributed by atoms with Gasteiger partial charge in [0.15, 0.2) is 6.61 Å². The highest BCUT2D eigenvalue weighted by Gasteiger charge is 2.12. The van der Waals surface area contributed by atoms with Crippen LogP contribution in [0.2, 0.25) is 0 Å². The first-order valence-electron chi connectivity index (χ1n) is 6.01. The molecule has 0 radical (unpaired) electrons. The Morgan fingerprint density at radius 2 is 2.11 bits per heavy atom. The monoisotopic (exact) mass is 266 g/mol. The molecule has 0 fully saturated rings. The molecule has 0 saturated carbocycles. The number of aliphatic hydroxyl groups excluding tert-OH is 1. The average molecular weight is 266 g/mol. The molecule has 19 heavy (non-hydrogen) atoms. The quantitative estimate of drug-likeness (QED) is 0.900. The van der Waals surface area contributed by atoms with Crippen molar-refractivity contribution in [2.24, 2.45) is 0 Å². The summed E-state index contributed by atoms with van der Waals surface area (Å²) in [6, 6.07) is 3.98. The van der Waals surface area contributed by atoms with Crippen molar-refractivity contribution < 1.29 is 18.7 Å². The molecule has 1 aromatic heterocycles. The first-order valence-corrected chi connectivity index (χ1v) is 6.01. The molecular formula is C13H15FN2O3. The predicted molar refractivity (Wildman–Crippen MR) is 65.0 cm³/mol. The van der Waals surface area contributed by atoms with Crippen molar-refractivity contribution >= 4 is 0 Å². The number of hydrogen-bond donors (Lipinski definition) is 1. The number of aliphatic hydroxyl groups is 1. The van der Waals surface area contributed by atoms with E-state index in [-0.39, 0.29) is 12.4 Å². The van der Waals surface area contributed by atoms with Crippen LogP contribution in [0.4, 0.5) is 4.39 Å². The molecule has 1 N–H and O–H groups in total. The molecule has 0 aliphatic heterocycles. The summed E-state index contributed by atoms with van der Waals surface area (Å²) < 4.78 is 23.9. The number of halogens is 1. The third-order valence-electron chi connectivity index (χ3n) is 2.59. The Bertz CT molecular complexity index is 555. The van der Waals surface area contributed by atoms with Gasteiger partial charge in [-0.3, -0.25) is 0 Å². The number of benzene rings is 1. The average Bonchev–Trinajstić information content (AvgIpc) is 2.84. The van der Waals surface area contributed by atoms with Gasteiger partial charge in [0.25, 0.3) is 5.89 Å². The van der Waals surface area contributed by atoms with Crippen LogP contribution in [-0.2, 0) is 13.0 Å². The number of aryl methyl sites for hydroxylation is 1. The van der Waals surface area contributed by atoms with Gasteiger partial charge < -0.3 is 14.3 Å². The second-order valence-electron chi connectivity index (χ2n) is 4.09. The van der Waals surface area contributed by atoms with E-state index < -0.39 is 11.9 Å². The van der Waals surface area contributed by atoms with Crippen LogP contribution in [-0.4, -0.2) is 15.3 Å². The highest BCUT2D eigenvalue weighted by Crippen LogP contribution is 2.26. The summed E-state index contributed by atoms with van der Waals surface area (Å²) in [7, 11) is 0. The third kappa shape index (κ3) is 3.29. The van der Waals surface area contributed by atoms with E-state index in [2.05, 4.69) is 10.2 Å². The Labute approximate surface area is 110 Å². The van der Waals surface area contributed by atoms with Crippen molar-refractivity contribution in [2.45, 2.75) is 33.0 Å². The molecule has 1 aromatic carbocycles. The second-order valence-corrected chi connectivity index (χ2v) is 4.09. The van der Waals surface area contributed by atoms with Gasteiger partial charge in [-0.15, -0.1) is 10.2 Å². The summed E-state index contributed by atoms with van der Waals surface area (Å²) in [6.07, 6.45) is -0.101. The number of ether oxygens (including phenoxy) is 1. The Balaban J connectivity index is 2.12. The fourth-order valence-corrected chi connectivity index (χ4v) is 1.61. The Kier molecular flexibility index (Phi) is 4.11. The van der Waals surface area contributed by atoms with Crippen LogP contribution >= 0.6 is 0 Å². The largest absolute Gasteiger partial charge is 0.483 e. The lowest BCUT2D eigenvalue weighted by Gasteiger charge is -2.12. The Morgan fingerprint density at radius 3 is 2.74 bits per heavy atom. The minimum absolute atomic E-state index is 0.0379. The summed E-state index contributed by atoms with van der Waals surface area (Å²) in [5, 5.41) is 17.2. The molecule has 0 saturated heterocycles. The highest BCUT2D eigenvalue weighted by atomic mass is 19.1. The smallest absolute Gasteiger partial charge is 0.253 e. The summed E-state index contributed by atoms with van der Waals surface area (Å²) >= 11 is 0. The molecule has 1 heterocycles. The topological polar surface area (TPSA) is 68.4 Å². The molecule has 0 spiro atoms. The van der Waals surface area contributed by atoms with E-state index in [1.54, 1.807) is 6.92 Å². The Morgan fingerprint density at radius 1 is 1.37 bits per heavy atom. The normalized spacial score (nSPS) is 12.4. The molecule has 6 heteroatoms. The molecule has 0 amide bonds. The molecule has 0 aliphatic rings. The standard InChI is InChI=1S/C13H15FN2O3/c1-3-12-15-16-13(19-12)7-18-11-6-9(14)4-5-10(11)8(2)17/h4-6,8,17H,3,7H2,1-2H3/t8-/m0/s1. The maximum absolute atomic E-state index is 13.2. The van der Waals surface area contributed by atoms with Crippen LogP contribution in [0.3, 0.4) is 0 Å². The second kappa shape index (κ2) is 5.79. The van der Waals surface area contributed by atoms with E-state index >= 15 is 0 Å². The molecular weight excluding hydrogens is 251 g/mol. The van der Waals surface area contributed by atoms with E-state index in [9.17, 15) is 9.50 Å². The van der Waals surface area contributed by atoms with E-state index in [0.29, 0.717) is 23.8 Å². The summed E-state index contributed by atoms with van der Waals surface area (Å²) in [6.45, 7) is 3.52. The maximum Gasteiger partial charge on any atom is 0.253 e. The van der Waals surface area contributed by atoms with Crippen LogP contribution in [0.1, 0.15) is 37.3 Å². The fraction of sp³-hybridized carbons (Fsp3) is 0.385. The van der Waals surface area contributed by atoms with Crippen molar-refractivity contribution in [3.8, 4) is 5.75 Å². The minimum Gasteiger partial charge on any atom is -0.483 e. The van der Waals surface area contributed by atoms with Crippen molar-refractivity contribution in [3.05, 3.63) is 41.4 Å². The van der Waals surface area contributed by atoms with Crippen molar-refractivity contribution in [1.29, 1.82) is 0 Å². The van der Waals surface area contributed by atoms with Gasteiger partial charge in [0, 0.05) is 18.1 Å². The lowest BCUT2D eigenvalue weighted by molar-refractivity contribution is 0.186. The van der Waals surface area contributed by atoms with Gasteiger partial charge in [-0.2, -0.15) is 0 Å². The van der Waals surface area contributed by atoms with Crippen LogP contribution < -0.4 is 4.74 Å². The number of aromatic nitrogens is 2. The maximum atomic E-state index is 13.2. The van der Waals surface area contributed by atoms with E-state index in [1.807, 2.05) is 6.92 Å². The Hall–Kier alpha value is -1.95. The highest BCUT2D eigenvalue weighted by molar-refractivity contribution is 5.35. The van der Waals surface area contributed by atoms with Crippen molar-refractivity contribution in [2.75, 3.05) is 0 Å². The third-order valence-corrected chi connectivity index (χ3v) is 2.59. The molecule has 102 valence electrons. The molecule has 2 aromatic rings. The SMILES string of the molecule is CCc1nnc(COc2cc(F)ccc2[C@H](C)O)o1. The van der Waals surface area contributed by atoms with E-state index in [1.165, 1.54) is 18.2 Å². The van der Waals surface area contributed by atoms with Gasteiger partial charge in [0.05, 0.1) is 6.10 Å². The molecule has 0 aliphatic carbocycles. The summed E-state index contributed by atoms with van der Waals surface area (Å²) in [5.74, 6) is 0.677. The zero-order valence-corrected chi connectivity index (χ0v) is 10.8. The molecule has 2 rings (SSSR count). The minimum atomic E-state index is -0.746. The lowest BCUT2D eigenvalue weighted by Crippen LogP contribution is -2.02. The van der Waals surface area contributed by atoms with Crippen LogP contribution in [0.15, 0.2) is 22.6 Å². The first-order chi connectivity index (χ1) is 9.10. The van der Waals surface area contributed by atoms with Gasteiger partial charge >= 0.3 is 0 Å². The molecule has 0 unspecified atom stereocenters. The predicted octanol–water partition coefficient (Wildman–Crippen LogP) is 2.40. The van der Waals surface area contributed by atoms with Crippen molar-refractivity contribution in [3.63, 3.8) is 0 Å². The zero-order valence-electron chi connectivity index (χ0n) is 10.8. The van der Waals surface area contributed by atoms with Gasteiger partial charge in [-0.1, -0.05) is 6.92 Å². The number of nitrogens with zero attached hydrogens (tertiary/aromatic N) is 2. The van der Waals surface area contributed by atoms with E-state index in [0.717, 1.165) is 0 Å². The lowest BCUT2D eigenvalue weighted by atomic mass is 10.1. The van der Waals surface area contributed by atoms with Gasteiger partial charge in [-0.25, -0.2) is 4.39 Å². The van der Waals surface area contributed by atoms with Crippen LogP contribution in [0.5, 0.6) is 5.75 Å². The summed E-state index contributed by atoms with van der Waals surface area (Å²) in [5.41, 5.74) is 0.511. The molecule has 5 nitrogen and oxygen atoms in total. The first kappa shape index (κ1) is 13.5. The molecule has 1 atom stereocenters. The number of rotatable bonds is 5. The van der Waals surface area contributed by atoms with Crippen molar-refractivity contribution in [1.82, 2.24) is 10.2 Å². The fourth-order valence-electron chi connectivity index (χ4n) is 1.61. The van der Waals surface area contributed by atoms with Gasteiger partial charge in [0.2, 0.25) is 5.89 Å². The van der Waals surface area contributed by atoms with Gasteiger partial charge in [0.1, 0.15) is 11.6 Å². The number of hydrogen-bond acceptors (Lipinski definition) is 5. The summed E-state index contributed by atoms with van der Waals surface area (Å²) in [4.78, 5) is 0. The van der Waals surface area contributed by atoms with Gasteiger partial charge in [-0.05, 0) is 19.1 Å².